The lowest BCUT2D eigenvalue weighted by molar-refractivity contribution is 0.0736. The molecule has 2 aromatic rings. The molecule has 20 heavy (non-hydrogen) atoms. The van der Waals surface area contributed by atoms with E-state index in [1.165, 1.54) is 11.3 Å². The van der Waals surface area contributed by atoms with Gasteiger partial charge in [0.1, 0.15) is 10.9 Å². The van der Waals surface area contributed by atoms with E-state index in [0.717, 1.165) is 37.0 Å². The minimum absolute atomic E-state index is 0.269. The quantitative estimate of drug-likeness (QED) is 0.741. The molecule has 3 nitrogen and oxygen atoms in total. The minimum Gasteiger partial charge on any atom is -0.479 e. The van der Waals surface area contributed by atoms with Gasteiger partial charge in [0.25, 0.3) is 0 Å². The highest BCUT2D eigenvalue weighted by Crippen LogP contribution is 2.42. The molecule has 1 aromatic heterocycles. The molecule has 0 N–H and O–H groups in total. The van der Waals surface area contributed by atoms with E-state index in [9.17, 15) is 0 Å². The Morgan fingerprint density at radius 3 is 2.85 bits per heavy atom. The summed E-state index contributed by atoms with van der Waals surface area (Å²) in [5, 5.41) is 0.786. The van der Waals surface area contributed by atoms with Crippen LogP contribution in [0.2, 0.25) is 5.15 Å². The number of rotatable bonds is 0. The molecule has 2 aliphatic heterocycles. The molecule has 2 aliphatic rings. The van der Waals surface area contributed by atoms with Crippen molar-refractivity contribution in [2.75, 3.05) is 20.1 Å². The van der Waals surface area contributed by atoms with Crippen LogP contribution in [0.25, 0.3) is 0 Å². The van der Waals surface area contributed by atoms with Gasteiger partial charge in [0.05, 0.1) is 12.2 Å². The van der Waals surface area contributed by atoms with Crippen molar-refractivity contribution in [3.05, 3.63) is 52.8 Å². The van der Waals surface area contributed by atoms with E-state index in [1.807, 2.05) is 12.1 Å². The van der Waals surface area contributed by atoms with Gasteiger partial charge in [-0.05, 0) is 25.2 Å². The van der Waals surface area contributed by atoms with Gasteiger partial charge in [-0.15, -0.1) is 0 Å². The van der Waals surface area contributed by atoms with Gasteiger partial charge < -0.3 is 14.2 Å². The summed E-state index contributed by atoms with van der Waals surface area (Å²) < 4.78 is 8.68. The molecule has 0 radical (unpaired) electrons. The number of nitrogens with zero attached hydrogens (tertiary/aromatic N) is 2. The van der Waals surface area contributed by atoms with Crippen molar-refractivity contribution in [1.82, 2.24) is 9.47 Å². The minimum atomic E-state index is -0.269. The highest BCUT2D eigenvalue weighted by Gasteiger charge is 2.44. The number of fused-ring (bicyclic) bond motifs is 3. The normalized spacial score (nSPS) is 25.1. The van der Waals surface area contributed by atoms with Gasteiger partial charge in [0, 0.05) is 25.1 Å². The zero-order chi connectivity index (χ0) is 13.7. The summed E-state index contributed by atoms with van der Waals surface area (Å²) in [6.07, 6.45) is 0.998. The SMILES string of the molecule is CN1CCC2(C1)Oc1ccccc1Cn1c(Cl)ccc12. The summed E-state index contributed by atoms with van der Waals surface area (Å²) in [4.78, 5) is 2.32. The molecule has 1 saturated heterocycles. The van der Waals surface area contributed by atoms with E-state index in [-0.39, 0.29) is 5.60 Å². The maximum absolute atomic E-state index is 6.49. The molecule has 0 amide bonds. The van der Waals surface area contributed by atoms with Crippen LogP contribution in [-0.4, -0.2) is 29.6 Å². The second-order valence-electron chi connectivity index (χ2n) is 5.82. The van der Waals surface area contributed by atoms with Crippen molar-refractivity contribution in [2.45, 2.75) is 18.6 Å². The van der Waals surface area contributed by atoms with Crippen molar-refractivity contribution in [3.63, 3.8) is 0 Å². The smallest absolute Gasteiger partial charge is 0.162 e. The van der Waals surface area contributed by atoms with E-state index in [2.05, 4.69) is 40.8 Å². The average molecular weight is 289 g/mol. The van der Waals surface area contributed by atoms with Crippen LogP contribution in [0.4, 0.5) is 0 Å². The molecule has 0 aliphatic carbocycles. The van der Waals surface area contributed by atoms with E-state index >= 15 is 0 Å². The highest BCUT2D eigenvalue weighted by atomic mass is 35.5. The lowest BCUT2D eigenvalue weighted by Gasteiger charge is -2.29. The second-order valence-corrected chi connectivity index (χ2v) is 6.21. The number of aromatic nitrogens is 1. The van der Waals surface area contributed by atoms with Gasteiger partial charge in [-0.25, -0.2) is 0 Å². The third kappa shape index (κ3) is 1.70. The van der Waals surface area contributed by atoms with Crippen molar-refractivity contribution in [3.8, 4) is 5.75 Å². The molecule has 104 valence electrons. The Hall–Kier alpha value is -1.45. The fraction of sp³-hybridized carbons (Fsp3) is 0.375. The van der Waals surface area contributed by atoms with Crippen molar-refractivity contribution >= 4 is 11.6 Å². The predicted molar refractivity (Wildman–Crippen MR) is 79.4 cm³/mol. The maximum atomic E-state index is 6.49. The summed E-state index contributed by atoms with van der Waals surface area (Å²) in [6, 6.07) is 12.4. The third-order valence-electron chi connectivity index (χ3n) is 4.42. The lowest BCUT2D eigenvalue weighted by Crippen LogP contribution is -2.37. The van der Waals surface area contributed by atoms with Gasteiger partial charge in [-0.2, -0.15) is 0 Å². The van der Waals surface area contributed by atoms with Crippen LogP contribution in [0, 0.1) is 0 Å². The van der Waals surface area contributed by atoms with Crippen LogP contribution in [0.5, 0.6) is 5.75 Å². The molecular weight excluding hydrogens is 272 g/mol. The number of para-hydroxylation sites is 1. The molecule has 3 heterocycles. The maximum Gasteiger partial charge on any atom is 0.162 e. The van der Waals surface area contributed by atoms with Crippen molar-refractivity contribution in [1.29, 1.82) is 0 Å². The van der Waals surface area contributed by atoms with Crippen LogP contribution in [0.15, 0.2) is 36.4 Å². The Balaban J connectivity index is 1.92. The van der Waals surface area contributed by atoms with Crippen molar-refractivity contribution in [2.24, 2.45) is 0 Å². The van der Waals surface area contributed by atoms with Crippen LogP contribution in [0.3, 0.4) is 0 Å². The van der Waals surface area contributed by atoms with Crippen LogP contribution >= 0.6 is 11.6 Å². The first-order valence-electron chi connectivity index (χ1n) is 6.99. The van der Waals surface area contributed by atoms with Gasteiger partial charge in [-0.1, -0.05) is 29.8 Å². The monoisotopic (exact) mass is 288 g/mol. The number of hydrogen-bond acceptors (Lipinski definition) is 2. The zero-order valence-corrected chi connectivity index (χ0v) is 12.2. The number of likely N-dealkylation sites (N-methyl/N-ethyl adjacent to an activating group) is 1. The van der Waals surface area contributed by atoms with E-state index < -0.39 is 0 Å². The molecule has 4 heteroatoms. The summed E-state index contributed by atoms with van der Waals surface area (Å²) >= 11 is 6.39. The Bertz CT molecular complexity index is 666. The zero-order valence-electron chi connectivity index (χ0n) is 11.5. The second kappa shape index (κ2) is 4.27. The van der Waals surface area contributed by atoms with Gasteiger partial charge >= 0.3 is 0 Å². The Morgan fingerprint density at radius 2 is 2.05 bits per heavy atom. The van der Waals surface area contributed by atoms with E-state index in [1.54, 1.807) is 0 Å². The summed E-state index contributed by atoms with van der Waals surface area (Å²) in [6.45, 7) is 2.73. The highest BCUT2D eigenvalue weighted by molar-refractivity contribution is 6.29. The molecule has 4 rings (SSSR count). The molecule has 1 atom stereocenters. The molecule has 1 unspecified atom stereocenters. The van der Waals surface area contributed by atoms with Crippen molar-refractivity contribution < 1.29 is 4.74 Å². The molecule has 0 bridgehead atoms. The first-order chi connectivity index (χ1) is 9.68. The number of benzene rings is 1. The summed E-state index contributed by atoms with van der Waals surface area (Å²) in [5.74, 6) is 0.988. The Labute approximate surface area is 123 Å². The van der Waals surface area contributed by atoms with E-state index in [4.69, 9.17) is 16.3 Å². The largest absolute Gasteiger partial charge is 0.479 e. The lowest BCUT2D eigenvalue weighted by atomic mass is 9.98. The van der Waals surface area contributed by atoms with Crippen LogP contribution in [-0.2, 0) is 12.1 Å². The number of hydrogen-bond donors (Lipinski definition) is 0. The standard InChI is InChI=1S/C16H17ClN2O/c1-18-9-8-16(11-18)14-6-7-15(17)19(14)10-12-4-2-3-5-13(12)20-16/h2-7H,8-11H2,1H3. The van der Waals surface area contributed by atoms with Crippen LogP contribution in [0.1, 0.15) is 17.7 Å². The van der Waals surface area contributed by atoms with Crippen LogP contribution < -0.4 is 4.74 Å². The third-order valence-corrected chi connectivity index (χ3v) is 4.75. The first-order valence-corrected chi connectivity index (χ1v) is 7.37. The number of likely N-dealkylation sites (tertiary alicyclic amines) is 1. The fourth-order valence-electron chi connectivity index (χ4n) is 3.43. The van der Waals surface area contributed by atoms with Gasteiger partial charge in [0.15, 0.2) is 5.60 Å². The Morgan fingerprint density at radius 1 is 1.20 bits per heavy atom. The fourth-order valence-corrected chi connectivity index (χ4v) is 3.64. The number of ether oxygens (including phenoxy) is 1. The molecule has 0 saturated carbocycles. The average Bonchev–Trinajstić information content (AvgIpc) is 2.93. The van der Waals surface area contributed by atoms with E-state index in [0.29, 0.717) is 0 Å². The summed E-state index contributed by atoms with van der Waals surface area (Å²) in [5.41, 5.74) is 2.12. The Kier molecular flexibility index (Phi) is 2.63. The summed E-state index contributed by atoms with van der Waals surface area (Å²) in [7, 11) is 2.14. The predicted octanol–water partition coefficient (Wildman–Crippen LogP) is 3.11. The first kappa shape index (κ1) is 12.3. The molecule has 1 aromatic carbocycles. The molecular formula is C16H17ClN2O. The topological polar surface area (TPSA) is 17.4 Å². The number of halogens is 1. The van der Waals surface area contributed by atoms with Gasteiger partial charge in [0.2, 0.25) is 0 Å². The molecule has 1 fully saturated rings. The molecule has 1 spiro atoms. The van der Waals surface area contributed by atoms with Gasteiger partial charge in [-0.3, -0.25) is 0 Å².